The third kappa shape index (κ3) is 4.70. The Morgan fingerprint density at radius 1 is 0.966 bits per heavy atom. The molecule has 1 aliphatic rings. The predicted octanol–water partition coefficient (Wildman–Crippen LogP) is 4.00. The summed E-state index contributed by atoms with van der Waals surface area (Å²) < 4.78 is 5.46. The first kappa shape index (κ1) is 18.9. The number of anilines is 5. The standard InChI is InChI=1S/C22H23N5O2/c1-16(28)17-5-4-6-18(13-17)25-21-14-22(24-15-23-21)26-19-7-2-3-8-20(19)27-9-11-29-12-10-27/h2-8,13-15H,9-12H2,1H3,(H2,23,24,25,26). The Morgan fingerprint density at radius 2 is 1.72 bits per heavy atom. The smallest absolute Gasteiger partial charge is 0.159 e. The number of hydrogen-bond acceptors (Lipinski definition) is 7. The summed E-state index contributed by atoms with van der Waals surface area (Å²) >= 11 is 0. The molecule has 0 radical (unpaired) electrons. The molecule has 1 saturated heterocycles. The molecule has 0 aliphatic carbocycles. The molecule has 29 heavy (non-hydrogen) atoms. The third-order valence-electron chi connectivity index (χ3n) is 4.73. The highest BCUT2D eigenvalue weighted by Crippen LogP contribution is 2.29. The molecule has 1 fully saturated rings. The highest BCUT2D eigenvalue weighted by atomic mass is 16.5. The minimum atomic E-state index is 0.0263. The number of benzene rings is 2. The van der Waals surface area contributed by atoms with Gasteiger partial charge >= 0.3 is 0 Å². The Hall–Kier alpha value is -3.45. The van der Waals surface area contributed by atoms with Crippen LogP contribution in [0.15, 0.2) is 60.9 Å². The number of ketones is 1. The van der Waals surface area contributed by atoms with Crippen molar-refractivity contribution in [3.05, 3.63) is 66.5 Å². The number of ether oxygens (including phenoxy) is 1. The highest BCUT2D eigenvalue weighted by Gasteiger charge is 2.15. The summed E-state index contributed by atoms with van der Waals surface area (Å²) in [6.07, 6.45) is 1.51. The van der Waals surface area contributed by atoms with E-state index < -0.39 is 0 Å². The molecule has 0 amide bonds. The number of Topliss-reactive ketones (excluding diaryl/α,β-unsaturated/α-hetero) is 1. The molecule has 148 valence electrons. The average Bonchev–Trinajstić information content (AvgIpc) is 2.75. The van der Waals surface area contributed by atoms with Crippen molar-refractivity contribution in [3.8, 4) is 0 Å². The summed E-state index contributed by atoms with van der Waals surface area (Å²) in [6, 6.07) is 17.4. The number of hydrogen-bond donors (Lipinski definition) is 2. The van der Waals surface area contributed by atoms with Crippen molar-refractivity contribution in [2.75, 3.05) is 41.8 Å². The molecule has 7 heteroatoms. The summed E-state index contributed by atoms with van der Waals surface area (Å²) in [7, 11) is 0. The zero-order chi connectivity index (χ0) is 20.1. The Labute approximate surface area is 169 Å². The molecule has 3 aromatic rings. The maximum Gasteiger partial charge on any atom is 0.159 e. The van der Waals surface area contributed by atoms with Gasteiger partial charge in [0.1, 0.15) is 18.0 Å². The highest BCUT2D eigenvalue weighted by molar-refractivity contribution is 5.95. The van der Waals surface area contributed by atoms with Crippen molar-refractivity contribution in [3.63, 3.8) is 0 Å². The number of nitrogens with one attached hydrogen (secondary N) is 2. The maximum atomic E-state index is 11.6. The van der Waals surface area contributed by atoms with Crippen molar-refractivity contribution in [2.45, 2.75) is 6.92 Å². The molecule has 4 rings (SSSR count). The van der Waals surface area contributed by atoms with E-state index in [9.17, 15) is 4.79 Å². The van der Waals surface area contributed by atoms with Gasteiger partial charge in [-0.1, -0.05) is 24.3 Å². The summed E-state index contributed by atoms with van der Waals surface area (Å²) in [4.78, 5) is 22.5. The number of carbonyl (C=O) groups excluding carboxylic acids is 1. The quantitative estimate of drug-likeness (QED) is 0.617. The van der Waals surface area contributed by atoms with Crippen LogP contribution in [0.1, 0.15) is 17.3 Å². The number of nitrogens with zero attached hydrogens (tertiary/aromatic N) is 3. The molecular formula is C22H23N5O2. The van der Waals surface area contributed by atoms with E-state index in [1.54, 1.807) is 13.0 Å². The second kappa shape index (κ2) is 8.70. The molecule has 2 N–H and O–H groups in total. The van der Waals surface area contributed by atoms with Gasteiger partial charge in [0.2, 0.25) is 0 Å². The van der Waals surface area contributed by atoms with E-state index in [0.717, 1.165) is 43.4 Å². The lowest BCUT2D eigenvalue weighted by molar-refractivity contribution is 0.101. The minimum Gasteiger partial charge on any atom is -0.378 e. The molecule has 7 nitrogen and oxygen atoms in total. The van der Waals surface area contributed by atoms with Crippen LogP contribution in [0.25, 0.3) is 0 Å². The van der Waals surface area contributed by atoms with Crippen molar-refractivity contribution in [2.24, 2.45) is 0 Å². The van der Waals surface area contributed by atoms with E-state index >= 15 is 0 Å². The van der Waals surface area contributed by atoms with Crippen LogP contribution in [0.3, 0.4) is 0 Å². The SMILES string of the molecule is CC(=O)c1cccc(Nc2cc(Nc3ccccc3N3CCOCC3)ncn2)c1. The zero-order valence-electron chi connectivity index (χ0n) is 16.3. The van der Waals surface area contributed by atoms with Crippen molar-refractivity contribution < 1.29 is 9.53 Å². The van der Waals surface area contributed by atoms with Crippen LogP contribution in [-0.4, -0.2) is 42.1 Å². The van der Waals surface area contributed by atoms with Crippen LogP contribution < -0.4 is 15.5 Å². The fourth-order valence-corrected chi connectivity index (χ4v) is 3.26. The van der Waals surface area contributed by atoms with Gasteiger partial charge < -0.3 is 20.3 Å². The number of carbonyl (C=O) groups is 1. The second-order valence-corrected chi connectivity index (χ2v) is 6.79. The van der Waals surface area contributed by atoms with Gasteiger partial charge in [-0.25, -0.2) is 9.97 Å². The summed E-state index contributed by atoms with van der Waals surface area (Å²) in [5, 5.41) is 6.63. The van der Waals surface area contributed by atoms with Gasteiger partial charge in [0, 0.05) is 30.4 Å². The fraction of sp³-hybridized carbons (Fsp3) is 0.227. The van der Waals surface area contributed by atoms with Crippen LogP contribution in [0, 0.1) is 0 Å². The van der Waals surface area contributed by atoms with E-state index in [1.165, 1.54) is 6.33 Å². The molecule has 1 aromatic heterocycles. The van der Waals surface area contributed by atoms with Crippen molar-refractivity contribution in [1.29, 1.82) is 0 Å². The number of para-hydroxylation sites is 2. The lowest BCUT2D eigenvalue weighted by Crippen LogP contribution is -2.36. The van der Waals surface area contributed by atoms with Gasteiger partial charge in [-0.05, 0) is 31.2 Å². The Balaban J connectivity index is 1.53. The average molecular weight is 389 g/mol. The van der Waals surface area contributed by atoms with Crippen molar-refractivity contribution in [1.82, 2.24) is 9.97 Å². The molecule has 2 heterocycles. The normalized spacial score (nSPS) is 13.8. The number of rotatable bonds is 6. The molecule has 0 saturated carbocycles. The van der Waals surface area contributed by atoms with E-state index in [-0.39, 0.29) is 5.78 Å². The summed E-state index contributed by atoms with van der Waals surface area (Å²) in [6.45, 7) is 4.74. The third-order valence-corrected chi connectivity index (χ3v) is 4.73. The predicted molar refractivity (Wildman–Crippen MR) is 115 cm³/mol. The first-order valence-electron chi connectivity index (χ1n) is 9.58. The van der Waals surface area contributed by atoms with Gasteiger partial charge in [0.15, 0.2) is 5.78 Å². The van der Waals surface area contributed by atoms with Gasteiger partial charge in [-0.2, -0.15) is 0 Å². The van der Waals surface area contributed by atoms with Crippen LogP contribution in [0.5, 0.6) is 0 Å². The molecule has 0 bridgehead atoms. The minimum absolute atomic E-state index is 0.0263. The summed E-state index contributed by atoms with van der Waals surface area (Å²) in [5.74, 6) is 1.36. The first-order valence-corrected chi connectivity index (χ1v) is 9.58. The first-order chi connectivity index (χ1) is 14.2. The van der Waals surface area contributed by atoms with Gasteiger partial charge in [0.05, 0.1) is 24.6 Å². The fourth-order valence-electron chi connectivity index (χ4n) is 3.26. The monoisotopic (exact) mass is 389 g/mol. The molecule has 0 unspecified atom stereocenters. The van der Waals surface area contributed by atoms with E-state index in [4.69, 9.17) is 4.74 Å². The lowest BCUT2D eigenvalue weighted by atomic mass is 10.1. The maximum absolute atomic E-state index is 11.6. The Kier molecular flexibility index (Phi) is 5.67. The lowest BCUT2D eigenvalue weighted by Gasteiger charge is -2.30. The van der Waals surface area contributed by atoms with Crippen LogP contribution in [-0.2, 0) is 4.74 Å². The number of aromatic nitrogens is 2. The van der Waals surface area contributed by atoms with Crippen molar-refractivity contribution >= 4 is 34.5 Å². The van der Waals surface area contributed by atoms with Gasteiger partial charge in [0.25, 0.3) is 0 Å². The van der Waals surface area contributed by atoms with Crippen LogP contribution in [0.2, 0.25) is 0 Å². The molecule has 0 atom stereocenters. The zero-order valence-corrected chi connectivity index (χ0v) is 16.3. The largest absolute Gasteiger partial charge is 0.378 e. The Bertz CT molecular complexity index is 1000. The van der Waals surface area contributed by atoms with Gasteiger partial charge in [-0.3, -0.25) is 4.79 Å². The number of morpholine rings is 1. The van der Waals surface area contributed by atoms with Crippen LogP contribution >= 0.6 is 0 Å². The van der Waals surface area contributed by atoms with E-state index in [2.05, 4.69) is 31.6 Å². The summed E-state index contributed by atoms with van der Waals surface area (Å²) in [5.41, 5.74) is 3.56. The van der Waals surface area contributed by atoms with Crippen LogP contribution in [0.4, 0.5) is 28.7 Å². The molecule has 2 aromatic carbocycles. The topological polar surface area (TPSA) is 79.4 Å². The second-order valence-electron chi connectivity index (χ2n) is 6.79. The van der Waals surface area contributed by atoms with E-state index in [1.807, 2.05) is 42.5 Å². The van der Waals surface area contributed by atoms with Gasteiger partial charge in [-0.15, -0.1) is 0 Å². The molecule has 0 spiro atoms. The molecular weight excluding hydrogens is 366 g/mol. The van der Waals surface area contributed by atoms with E-state index in [0.29, 0.717) is 17.2 Å². The molecule has 1 aliphatic heterocycles. The Morgan fingerprint density at radius 3 is 2.52 bits per heavy atom.